The number of anilines is 1. The van der Waals surface area contributed by atoms with Gasteiger partial charge in [0, 0.05) is 49.1 Å². The number of morpholine rings is 1. The van der Waals surface area contributed by atoms with Gasteiger partial charge in [0.1, 0.15) is 0 Å². The van der Waals surface area contributed by atoms with Crippen molar-refractivity contribution in [2.75, 3.05) is 45.3 Å². The van der Waals surface area contributed by atoms with Crippen LogP contribution in [0.2, 0.25) is 0 Å². The Morgan fingerprint density at radius 1 is 1.14 bits per heavy atom. The van der Waals surface area contributed by atoms with Crippen molar-refractivity contribution in [2.24, 2.45) is 0 Å². The molecule has 3 aliphatic rings. The molecular weight excluding hydrogens is 356 g/mol. The van der Waals surface area contributed by atoms with Gasteiger partial charge in [0.25, 0.3) is 0 Å². The highest BCUT2D eigenvalue weighted by atomic mass is 16.5. The van der Waals surface area contributed by atoms with Crippen molar-refractivity contribution in [3.63, 3.8) is 0 Å². The minimum atomic E-state index is 0.255. The summed E-state index contributed by atoms with van der Waals surface area (Å²) in [5.41, 5.74) is 2.89. The van der Waals surface area contributed by atoms with E-state index in [0.29, 0.717) is 13.0 Å². The van der Waals surface area contributed by atoms with Crippen LogP contribution in [0.5, 0.6) is 11.5 Å². The van der Waals surface area contributed by atoms with E-state index in [2.05, 4.69) is 10.2 Å². The van der Waals surface area contributed by atoms with E-state index < -0.39 is 0 Å². The van der Waals surface area contributed by atoms with Gasteiger partial charge >= 0.3 is 0 Å². The number of hydrogen-bond donors (Lipinski definition) is 1. The summed E-state index contributed by atoms with van der Waals surface area (Å²) in [5.74, 6) is 1.78. The minimum Gasteiger partial charge on any atom is -0.493 e. The molecule has 1 N–H and O–H groups in total. The monoisotopic (exact) mass is 386 g/mol. The average Bonchev–Trinajstić information content (AvgIpc) is 3.34. The second-order valence-corrected chi connectivity index (χ2v) is 7.78. The number of ketones is 1. The van der Waals surface area contributed by atoms with Crippen molar-refractivity contribution >= 4 is 11.5 Å². The molecule has 0 radical (unpaired) electrons. The molecule has 1 saturated carbocycles. The van der Waals surface area contributed by atoms with Crippen LogP contribution in [0.25, 0.3) is 0 Å². The number of carbonyl (C=O) groups is 1. The molecule has 0 atom stereocenters. The van der Waals surface area contributed by atoms with E-state index in [0.717, 1.165) is 74.0 Å². The highest BCUT2D eigenvalue weighted by Gasteiger charge is 2.26. The number of benzene rings is 1. The summed E-state index contributed by atoms with van der Waals surface area (Å²) in [5, 5.41) is 3.49. The third kappa shape index (κ3) is 4.50. The van der Waals surface area contributed by atoms with Gasteiger partial charge in [-0.05, 0) is 44.2 Å². The lowest BCUT2D eigenvalue weighted by Gasteiger charge is -2.27. The third-order valence-corrected chi connectivity index (χ3v) is 5.84. The molecule has 28 heavy (non-hydrogen) atoms. The molecule has 6 heteroatoms. The van der Waals surface area contributed by atoms with Gasteiger partial charge in [-0.3, -0.25) is 9.69 Å². The molecule has 1 aliphatic heterocycles. The van der Waals surface area contributed by atoms with Gasteiger partial charge in [0.05, 0.1) is 26.4 Å². The predicted octanol–water partition coefficient (Wildman–Crippen LogP) is 3.38. The van der Waals surface area contributed by atoms with Crippen molar-refractivity contribution in [1.29, 1.82) is 0 Å². The number of carbonyl (C=O) groups excluding carboxylic acids is 1. The summed E-state index contributed by atoms with van der Waals surface area (Å²) in [6, 6.07) is 5.92. The quantitative estimate of drug-likeness (QED) is 0.775. The Bertz CT molecular complexity index is 734. The van der Waals surface area contributed by atoms with Crippen molar-refractivity contribution in [1.82, 2.24) is 4.90 Å². The van der Waals surface area contributed by atoms with Gasteiger partial charge in [-0.2, -0.15) is 0 Å². The fraction of sp³-hybridized carbons (Fsp3) is 0.591. The Morgan fingerprint density at radius 2 is 1.93 bits per heavy atom. The Hall–Kier alpha value is -2.05. The third-order valence-electron chi connectivity index (χ3n) is 5.84. The number of hydrogen-bond acceptors (Lipinski definition) is 6. The fourth-order valence-electron chi connectivity index (χ4n) is 4.22. The molecule has 1 saturated heterocycles. The normalized spacial score (nSPS) is 21.4. The number of nitrogens with one attached hydrogen (secondary N) is 1. The van der Waals surface area contributed by atoms with Crippen LogP contribution in [-0.2, 0) is 9.53 Å². The number of Topliss-reactive ketones (excluding diaryl/α,β-unsaturated/α-hetero) is 1. The largest absolute Gasteiger partial charge is 0.493 e. The van der Waals surface area contributed by atoms with Gasteiger partial charge in [-0.1, -0.05) is 0 Å². The first-order valence-electron chi connectivity index (χ1n) is 10.4. The van der Waals surface area contributed by atoms with Crippen LogP contribution in [0.15, 0.2) is 29.5 Å². The summed E-state index contributed by atoms with van der Waals surface area (Å²) >= 11 is 0. The molecule has 6 nitrogen and oxygen atoms in total. The van der Waals surface area contributed by atoms with E-state index >= 15 is 0 Å². The number of methoxy groups -OCH3 is 1. The maximum absolute atomic E-state index is 12.4. The molecule has 0 spiro atoms. The molecule has 1 heterocycles. The van der Waals surface area contributed by atoms with Crippen LogP contribution in [0.1, 0.15) is 38.5 Å². The lowest BCUT2D eigenvalue weighted by Crippen LogP contribution is -2.38. The van der Waals surface area contributed by atoms with Crippen LogP contribution in [0.3, 0.4) is 0 Å². The molecule has 0 unspecified atom stereocenters. The highest BCUT2D eigenvalue weighted by Crippen LogP contribution is 2.35. The fourth-order valence-corrected chi connectivity index (χ4v) is 4.22. The molecular formula is C22H30N2O4. The number of ether oxygens (including phenoxy) is 3. The van der Waals surface area contributed by atoms with E-state index in [4.69, 9.17) is 14.2 Å². The van der Waals surface area contributed by atoms with Crippen molar-refractivity contribution in [2.45, 2.75) is 44.6 Å². The summed E-state index contributed by atoms with van der Waals surface area (Å²) < 4.78 is 17.1. The SMILES string of the molecule is COc1ccc(NC2=C(CN3CCOCC3)C(=O)CC2)cc1OC1CCCC1. The minimum absolute atomic E-state index is 0.255. The molecule has 1 aromatic rings. The maximum atomic E-state index is 12.4. The predicted molar refractivity (Wildman–Crippen MR) is 108 cm³/mol. The second-order valence-electron chi connectivity index (χ2n) is 7.78. The first kappa shape index (κ1) is 19.3. The van der Waals surface area contributed by atoms with Gasteiger partial charge in [0.15, 0.2) is 17.3 Å². The molecule has 2 aliphatic carbocycles. The van der Waals surface area contributed by atoms with E-state index in [1.165, 1.54) is 12.8 Å². The molecule has 4 rings (SSSR count). The van der Waals surface area contributed by atoms with Gasteiger partial charge in [0.2, 0.25) is 0 Å². The topological polar surface area (TPSA) is 60.0 Å². The molecule has 152 valence electrons. The molecule has 0 amide bonds. The second kappa shape index (κ2) is 8.97. The van der Waals surface area contributed by atoms with Crippen LogP contribution < -0.4 is 14.8 Å². The first-order valence-corrected chi connectivity index (χ1v) is 10.4. The Labute approximate surface area is 166 Å². The highest BCUT2D eigenvalue weighted by molar-refractivity contribution is 5.99. The van der Waals surface area contributed by atoms with Crippen LogP contribution in [-0.4, -0.2) is 56.7 Å². The van der Waals surface area contributed by atoms with Crippen molar-refractivity contribution in [3.05, 3.63) is 29.5 Å². The molecule has 2 fully saturated rings. The van der Waals surface area contributed by atoms with E-state index in [-0.39, 0.29) is 11.9 Å². The van der Waals surface area contributed by atoms with Crippen LogP contribution >= 0.6 is 0 Å². The first-order chi connectivity index (χ1) is 13.7. The molecule has 0 aromatic heterocycles. The average molecular weight is 386 g/mol. The van der Waals surface area contributed by atoms with E-state index in [9.17, 15) is 4.79 Å². The maximum Gasteiger partial charge on any atom is 0.163 e. The lowest BCUT2D eigenvalue weighted by molar-refractivity contribution is -0.115. The molecule has 1 aromatic carbocycles. The zero-order valence-electron chi connectivity index (χ0n) is 16.7. The van der Waals surface area contributed by atoms with Gasteiger partial charge in [-0.15, -0.1) is 0 Å². The van der Waals surface area contributed by atoms with Crippen molar-refractivity contribution in [3.8, 4) is 11.5 Å². The van der Waals surface area contributed by atoms with Crippen LogP contribution in [0, 0.1) is 0 Å². The smallest absolute Gasteiger partial charge is 0.163 e. The van der Waals surface area contributed by atoms with Crippen LogP contribution in [0.4, 0.5) is 5.69 Å². The summed E-state index contributed by atoms with van der Waals surface area (Å²) in [6.07, 6.45) is 6.28. The number of nitrogens with zero attached hydrogens (tertiary/aromatic N) is 1. The van der Waals surface area contributed by atoms with Gasteiger partial charge in [-0.25, -0.2) is 0 Å². The Kier molecular flexibility index (Phi) is 6.17. The van der Waals surface area contributed by atoms with E-state index in [1.807, 2.05) is 18.2 Å². The summed E-state index contributed by atoms with van der Waals surface area (Å²) in [4.78, 5) is 14.7. The lowest BCUT2D eigenvalue weighted by atomic mass is 10.1. The standard InChI is InChI=1S/C22H30N2O4/c1-26-21-9-6-16(14-22(21)28-17-4-2-3-5-17)23-19-7-8-20(25)18(19)15-24-10-12-27-13-11-24/h6,9,14,17,23H,2-5,7-8,10-13,15H2,1H3. The Balaban J connectivity index is 1.50. The number of allylic oxidation sites excluding steroid dienone is 1. The van der Waals surface area contributed by atoms with Crippen molar-refractivity contribution < 1.29 is 19.0 Å². The van der Waals surface area contributed by atoms with Gasteiger partial charge < -0.3 is 19.5 Å². The zero-order valence-corrected chi connectivity index (χ0v) is 16.7. The zero-order chi connectivity index (χ0) is 19.3. The Morgan fingerprint density at radius 3 is 2.68 bits per heavy atom. The van der Waals surface area contributed by atoms with E-state index in [1.54, 1.807) is 7.11 Å². The summed E-state index contributed by atoms with van der Waals surface area (Å²) in [6.45, 7) is 3.94. The number of rotatable bonds is 7. The summed E-state index contributed by atoms with van der Waals surface area (Å²) in [7, 11) is 1.67. The molecule has 0 bridgehead atoms.